The van der Waals surface area contributed by atoms with Crippen molar-refractivity contribution in [2.45, 2.75) is 20.5 Å². The number of fused-ring (bicyclic) bond motifs is 1. The van der Waals surface area contributed by atoms with Crippen molar-refractivity contribution in [3.05, 3.63) is 94.5 Å². The predicted octanol–water partition coefficient (Wildman–Crippen LogP) is 5.73. The number of benzene rings is 3. The number of carbonyl (C=O) groups is 1. The molecule has 1 aliphatic heterocycles. The first-order valence-corrected chi connectivity index (χ1v) is 9.73. The number of carbonyl (C=O) groups excluding carboxylic acids is 1. The number of hydrogen-bond donors (Lipinski definition) is 0. The van der Waals surface area contributed by atoms with Crippen molar-refractivity contribution < 1.29 is 23.4 Å². The highest BCUT2D eigenvalue weighted by Crippen LogP contribution is 2.40. The molecule has 0 saturated heterocycles. The Morgan fingerprint density at radius 1 is 0.967 bits per heavy atom. The Morgan fingerprint density at radius 2 is 1.73 bits per heavy atom. The monoisotopic (exact) mass is 404 g/mol. The molecule has 0 amide bonds. The third kappa shape index (κ3) is 3.92. The molecule has 0 N–H and O–H groups in total. The molecule has 0 spiro atoms. The first-order chi connectivity index (χ1) is 14.6. The first-order valence-electron chi connectivity index (χ1n) is 9.73. The van der Waals surface area contributed by atoms with Crippen LogP contribution in [0.3, 0.4) is 0 Å². The van der Waals surface area contributed by atoms with Crippen LogP contribution in [0, 0.1) is 12.7 Å². The van der Waals surface area contributed by atoms with Gasteiger partial charge in [0.15, 0.2) is 5.76 Å². The fourth-order valence-corrected chi connectivity index (χ4v) is 3.29. The van der Waals surface area contributed by atoms with E-state index in [0.717, 1.165) is 16.7 Å². The van der Waals surface area contributed by atoms with E-state index < -0.39 is 0 Å². The maximum Gasteiger partial charge on any atom is 0.231 e. The largest absolute Gasteiger partial charge is 0.493 e. The molecule has 152 valence electrons. The van der Waals surface area contributed by atoms with Crippen molar-refractivity contribution >= 4 is 11.9 Å². The maximum atomic E-state index is 13.1. The van der Waals surface area contributed by atoms with Gasteiger partial charge in [-0.25, -0.2) is 4.39 Å². The van der Waals surface area contributed by atoms with Crippen molar-refractivity contribution in [2.24, 2.45) is 0 Å². The van der Waals surface area contributed by atoms with E-state index in [1.165, 1.54) is 12.1 Å². The Balaban J connectivity index is 1.57. The van der Waals surface area contributed by atoms with Gasteiger partial charge in [0.2, 0.25) is 5.78 Å². The van der Waals surface area contributed by atoms with Crippen molar-refractivity contribution in [2.75, 3.05) is 6.61 Å². The minimum Gasteiger partial charge on any atom is -0.493 e. The van der Waals surface area contributed by atoms with E-state index in [0.29, 0.717) is 29.4 Å². The zero-order chi connectivity index (χ0) is 21.1. The second-order valence-electron chi connectivity index (χ2n) is 6.89. The molecule has 0 unspecified atom stereocenters. The van der Waals surface area contributed by atoms with Gasteiger partial charge in [0.25, 0.3) is 0 Å². The van der Waals surface area contributed by atoms with Gasteiger partial charge in [0, 0.05) is 11.1 Å². The maximum absolute atomic E-state index is 13.1. The molecule has 0 fully saturated rings. The van der Waals surface area contributed by atoms with Gasteiger partial charge >= 0.3 is 0 Å². The lowest BCUT2D eigenvalue weighted by Gasteiger charge is -2.11. The molecular formula is C25H21FO4. The highest BCUT2D eigenvalue weighted by atomic mass is 19.1. The van der Waals surface area contributed by atoms with Gasteiger partial charge in [-0.05, 0) is 55.8 Å². The molecule has 4 nitrogen and oxygen atoms in total. The van der Waals surface area contributed by atoms with Crippen LogP contribution in [-0.2, 0) is 6.61 Å². The Hall–Kier alpha value is -3.60. The summed E-state index contributed by atoms with van der Waals surface area (Å²) in [6.07, 6.45) is 1.70. The van der Waals surface area contributed by atoms with Crippen LogP contribution in [0.1, 0.15) is 34.0 Å². The average molecular weight is 404 g/mol. The van der Waals surface area contributed by atoms with Gasteiger partial charge in [0.05, 0.1) is 12.2 Å². The molecule has 0 aliphatic carbocycles. The van der Waals surface area contributed by atoms with Gasteiger partial charge in [-0.15, -0.1) is 0 Å². The second-order valence-corrected chi connectivity index (χ2v) is 6.89. The lowest BCUT2D eigenvalue weighted by atomic mass is 10.1. The van der Waals surface area contributed by atoms with Crippen LogP contribution in [0.15, 0.2) is 66.4 Å². The summed E-state index contributed by atoms with van der Waals surface area (Å²) in [6.45, 7) is 4.58. The van der Waals surface area contributed by atoms with E-state index in [1.807, 2.05) is 38.1 Å². The van der Waals surface area contributed by atoms with Crippen molar-refractivity contribution in [1.82, 2.24) is 0 Å². The van der Waals surface area contributed by atoms with Crippen LogP contribution in [0.4, 0.5) is 4.39 Å². The number of para-hydroxylation sites is 1. The van der Waals surface area contributed by atoms with Crippen molar-refractivity contribution in [1.29, 1.82) is 0 Å². The Kier molecular flexibility index (Phi) is 5.53. The summed E-state index contributed by atoms with van der Waals surface area (Å²) in [5.74, 6) is 1.59. The van der Waals surface area contributed by atoms with E-state index >= 15 is 0 Å². The number of ketones is 1. The van der Waals surface area contributed by atoms with Gasteiger partial charge in [0.1, 0.15) is 29.7 Å². The highest BCUT2D eigenvalue weighted by molar-refractivity contribution is 6.15. The highest BCUT2D eigenvalue weighted by Gasteiger charge is 2.30. The summed E-state index contributed by atoms with van der Waals surface area (Å²) in [4.78, 5) is 12.8. The molecular weight excluding hydrogens is 383 g/mol. The van der Waals surface area contributed by atoms with Gasteiger partial charge in [-0.2, -0.15) is 0 Å². The average Bonchev–Trinajstić information content (AvgIpc) is 3.07. The number of halogens is 1. The van der Waals surface area contributed by atoms with Gasteiger partial charge in [-0.1, -0.05) is 30.3 Å². The van der Waals surface area contributed by atoms with Gasteiger partial charge in [-0.3, -0.25) is 4.79 Å². The molecule has 3 aromatic rings. The van der Waals surface area contributed by atoms with Crippen LogP contribution in [0.2, 0.25) is 0 Å². The van der Waals surface area contributed by atoms with Crippen LogP contribution in [0.25, 0.3) is 6.08 Å². The lowest BCUT2D eigenvalue weighted by molar-refractivity contribution is 0.101. The van der Waals surface area contributed by atoms with Crippen LogP contribution in [0.5, 0.6) is 17.2 Å². The predicted molar refractivity (Wildman–Crippen MR) is 112 cm³/mol. The number of Topliss-reactive ketones (excluding diaryl/α,β-unsaturated/α-hetero) is 1. The normalized spacial score (nSPS) is 13.8. The lowest BCUT2D eigenvalue weighted by Crippen LogP contribution is -1.99. The van der Waals surface area contributed by atoms with Crippen molar-refractivity contribution in [3.63, 3.8) is 0 Å². The molecule has 1 heterocycles. The molecule has 0 radical (unpaired) electrons. The molecule has 0 bridgehead atoms. The van der Waals surface area contributed by atoms with Crippen LogP contribution >= 0.6 is 0 Å². The molecule has 0 aromatic heterocycles. The summed E-state index contributed by atoms with van der Waals surface area (Å²) in [7, 11) is 0. The Bertz CT molecular complexity index is 1120. The zero-order valence-corrected chi connectivity index (χ0v) is 16.8. The third-order valence-corrected chi connectivity index (χ3v) is 4.85. The Morgan fingerprint density at radius 3 is 2.50 bits per heavy atom. The van der Waals surface area contributed by atoms with Crippen molar-refractivity contribution in [3.8, 4) is 17.2 Å². The molecule has 0 saturated carbocycles. The quantitative estimate of drug-likeness (QED) is 0.492. The van der Waals surface area contributed by atoms with E-state index in [4.69, 9.17) is 14.2 Å². The van der Waals surface area contributed by atoms with E-state index in [9.17, 15) is 9.18 Å². The molecule has 0 atom stereocenters. The summed E-state index contributed by atoms with van der Waals surface area (Å²) in [5.41, 5.74) is 2.87. The zero-order valence-electron chi connectivity index (χ0n) is 16.8. The fourth-order valence-electron chi connectivity index (χ4n) is 3.29. The third-order valence-electron chi connectivity index (χ3n) is 4.85. The standard InChI is InChI=1S/C25H21FO4/c1-3-28-22-7-5-4-6-18(22)14-23-24(27)20-12-13-21(16(2)25(20)30-23)29-15-17-8-10-19(26)11-9-17/h4-14H,3,15H2,1-2H3/b23-14-. The minimum atomic E-state index is -0.287. The number of rotatable bonds is 6. The second kappa shape index (κ2) is 8.41. The number of hydrogen-bond acceptors (Lipinski definition) is 4. The van der Waals surface area contributed by atoms with E-state index in [-0.39, 0.29) is 24.0 Å². The summed E-state index contributed by atoms with van der Waals surface area (Å²) in [5, 5.41) is 0. The van der Waals surface area contributed by atoms with Gasteiger partial charge < -0.3 is 14.2 Å². The van der Waals surface area contributed by atoms with E-state index in [1.54, 1.807) is 30.3 Å². The molecule has 3 aromatic carbocycles. The number of ether oxygens (including phenoxy) is 3. The molecule has 1 aliphatic rings. The first kappa shape index (κ1) is 19.7. The van der Waals surface area contributed by atoms with E-state index in [2.05, 4.69) is 0 Å². The van der Waals surface area contributed by atoms with Crippen LogP contribution < -0.4 is 14.2 Å². The smallest absolute Gasteiger partial charge is 0.231 e. The summed E-state index contributed by atoms with van der Waals surface area (Å²) < 4.78 is 30.5. The molecule has 4 rings (SSSR count). The summed E-state index contributed by atoms with van der Waals surface area (Å²) >= 11 is 0. The SMILES string of the molecule is CCOc1ccccc1/C=C1\Oc2c(ccc(OCc3ccc(F)cc3)c2C)C1=O. The fraction of sp³-hybridized carbons (Fsp3) is 0.160. The number of allylic oxidation sites excluding steroid dienone is 1. The summed E-state index contributed by atoms with van der Waals surface area (Å²) in [6, 6.07) is 17.1. The minimum absolute atomic E-state index is 0.176. The Labute approximate surface area is 174 Å². The molecule has 5 heteroatoms. The molecule has 30 heavy (non-hydrogen) atoms. The van der Waals surface area contributed by atoms with Crippen LogP contribution in [-0.4, -0.2) is 12.4 Å². The topological polar surface area (TPSA) is 44.8 Å².